The highest BCUT2D eigenvalue weighted by Gasteiger charge is 2.28. The van der Waals surface area contributed by atoms with E-state index in [2.05, 4.69) is 6.58 Å². The number of rotatable bonds is 9. The normalized spacial score (nSPS) is 18.1. The minimum Gasteiger partial charge on any atom is -0.123 e. The van der Waals surface area contributed by atoms with E-state index in [-0.39, 0.29) is 0 Å². The molecule has 1 heteroatoms. The highest BCUT2D eigenvalue weighted by Crippen LogP contribution is 2.37. The van der Waals surface area contributed by atoms with Crippen molar-refractivity contribution >= 4 is 11.6 Å². The van der Waals surface area contributed by atoms with Gasteiger partial charge in [-0.05, 0) is 38.0 Å². The molecule has 0 aromatic rings. The molecule has 0 saturated heterocycles. The fraction of sp³-hybridized carbons (Fsp3) is 0.846. The Hall–Kier alpha value is 0.0300. The molecule has 0 aromatic heterocycles. The molecule has 0 amide bonds. The first-order chi connectivity index (χ1) is 6.84. The predicted molar refractivity (Wildman–Crippen MR) is 64.9 cm³/mol. The van der Waals surface area contributed by atoms with E-state index in [1.165, 1.54) is 57.8 Å². The van der Waals surface area contributed by atoms with Gasteiger partial charge in [0.1, 0.15) is 0 Å². The van der Waals surface area contributed by atoms with Crippen molar-refractivity contribution in [3.05, 3.63) is 12.7 Å². The molecule has 0 heterocycles. The third kappa shape index (κ3) is 5.70. The highest BCUT2D eigenvalue weighted by atomic mass is 35.5. The van der Waals surface area contributed by atoms with E-state index in [0.29, 0.717) is 5.38 Å². The molecule has 0 radical (unpaired) electrons. The van der Waals surface area contributed by atoms with E-state index in [1.54, 1.807) is 0 Å². The molecular weight excluding hydrogens is 192 g/mol. The maximum absolute atomic E-state index is 6.23. The molecule has 0 N–H and O–H groups in total. The molecule has 1 atom stereocenters. The maximum Gasteiger partial charge on any atom is 0.0364 e. The summed E-state index contributed by atoms with van der Waals surface area (Å²) in [6.07, 6.45) is 14.0. The van der Waals surface area contributed by atoms with Crippen molar-refractivity contribution in [3.8, 4) is 0 Å². The van der Waals surface area contributed by atoms with E-state index in [4.69, 9.17) is 11.6 Å². The molecule has 1 aliphatic rings. The van der Waals surface area contributed by atoms with Gasteiger partial charge >= 0.3 is 0 Å². The number of hydrogen-bond donors (Lipinski definition) is 0. The smallest absolute Gasteiger partial charge is 0.0364 e. The molecule has 1 aliphatic carbocycles. The zero-order valence-corrected chi connectivity index (χ0v) is 9.94. The van der Waals surface area contributed by atoms with Crippen LogP contribution in [0.4, 0.5) is 0 Å². The zero-order valence-electron chi connectivity index (χ0n) is 9.18. The number of allylic oxidation sites excluding steroid dienone is 1. The van der Waals surface area contributed by atoms with Crippen LogP contribution >= 0.6 is 11.6 Å². The zero-order chi connectivity index (χ0) is 10.2. The molecule has 0 bridgehead atoms. The second-order valence-electron chi connectivity index (χ2n) is 4.49. The molecule has 0 nitrogen and oxygen atoms in total. The molecule has 1 unspecified atom stereocenters. The van der Waals surface area contributed by atoms with E-state index in [1.807, 2.05) is 6.08 Å². The number of unbranched alkanes of at least 4 members (excludes halogenated alkanes) is 5. The summed E-state index contributed by atoms with van der Waals surface area (Å²) in [6.45, 7) is 3.73. The van der Waals surface area contributed by atoms with Crippen LogP contribution in [0.25, 0.3) is 0 Å². The van der Waals surface area contributed by atoms with Gasteiger partial charge in [-0.25, -0.2) is 0 Å². The van der Waals surface area contributed by atoms with Crippen LogP contribution in [-0.4, -0.2) is 5.38 Å². The van der Waals surface area contributed by atoms with Gasteiger partial charge in [0.2, 0.25) is 0 Å². The molecule has 0 aliphatic heterocycles. The Morgan fingerprint density at radius 2 is 1.79 bits per heavy atom. The van der Waals surface area contributed by atoms with Gasteiger partial charge in [-0.2, -0.15) is 0 Å². The SMILES string of the molecule is C=CCCCCCCCC(Cl)C1CC1. The van der Waals surface area contributed by atoms with Crippen molar-refractivity contribution in [3.63, 3.8) is 0 Å². The minimum atomic E-state index is 0.489. The Kier molecular flexibility index (Phi) is 6.34. The summed E-state index contributed by atoms with van der Waals surface area (Å²) in [4.78, 5) is 0. The summed E-state index contributed by atoms with van der Waals surface area (Å²) in [7, 11) is 0. The lowest BCUT2D eigenvalue weighted by atomic mass is 10.1. The Morgan fingerprint density at radius 1 is 1.14 bits per heavy atom. The van der Waals surface area contributed by atoms with Crippen molar-refractivity contribution in [1.82, 2.24) is 0 Å². The summed E-state index contributed by atoms with van der Waals surface area (Å²) in [6, 6.07) is 0. The van der Waals surface area contributed by atoms with Gasteiger partial charge < -0.3 is 0 Å². The largest absolute Gasteiger partial charge is 0.123 e. The van der Waals surface area contributed by atoms with Crippen LogP contribution in [0, 0.1) is 5.92 Å². The monoisotopic (exact) mass is 214 g/mol. The van der Waals surface area contributed by atoms with Crippen molar-refractivity contribution in [2.45, 2.75) is 63.2 Å². The topological polar surface area (TPSA) is 0 Å². The molecule has 1 fully saturated rings. The van der Waals surface area contributed by atoms with Crippen LogP contribution < -0.4 is 0 Å². The Labute approximate surface area is 93.7 Å². The quantitative estimate of drug-likeness (QED) is 0.290. The van der Waals surface area contributed by atoms with Crippen LogP contribution in [0.1, 0.15) is 57.8 Å². The summed E-state index contributed by atoms with van der Waals surface area (Å²) in [5, 5.41) is 0.489. The molecule has 1 saturated carbocycles. The molecular formula is C13H23Cl. The van der Waals surface area contributed by atoms with Crippen LogP contribution in [-0.2, 0) is 0 Å². The van der Waals surface area contributed by atoms with Gasteiger partial charge in [0, 0.05) is 5.38 Å². The molecule has 82 valence electrons. The lowest BCUT2D eigenvalue weighted by Gasteiger charge is -2.06. The van der Waals surface area contributed by atoms with Crippen molar-refractivity contribution in [2.75, 3.05) is 0 Å². The van der Waals surface area contributed by atoms with Gasteiger partial charge in [-0.15, -0.1) is 18.2 Å². The third-order valence-corrected chi connectivity index (χ3v) is 3.60. The molecule has 1 rings (SSSR count). The fourth-order valence-corrected chi connectivity index (χ4v) is 2.26. The summed E-state index contributed by atoms with van der Waals surface area (Å²) >= 11 is 6.23. The first kappa shape index (κ1) is 12.1. The highest BCUT2D eigenvalue weighted by molar-refractivity contribution is 6.20. The average molecular weight is 215 g/mol. The van der Waals surface area contributed by atoms with Crippen LogP contribution in [0.2, 0.25) is 0 Å². The number of halogens is 1. The average Bonchev–Trinajstić information content (AvgIpc) is 2.99. The van der Waals surface area contributed by atoms with E-state index in [0.717, 1.165) is 5.92 Å². The predicted octanol–water partition coefficient (Wildman–Crippen LogP) is 4.92. The van der Waals surface area contributed by atoms with Gasteiger partial charge in [-0.3, -0.25) is 0 Å². The Morgan fingerprint density at radius 3 is 2.43 bits per heavy atom. The van der Waals surface area contributed by atoms with Crippen LogP contribution in [0.15, 0.2) is 12.7 Å². The fourth-order valence-electron chi connectivity index (χ4n) is 1.85. The minimum absolute atomic E-state index is 0.489. The summed E-state index contributed by atoms with van der Waals surface area (Å²) < 4.78 is 0. The lowest BCUT2D eigenvalue weighted by molar-refractivity contribution is 0.567. The first-order valence-electron chi connectivity index (χ1n) is 6.09. The third-order valence-electron chi connectivity index (χ3n) is 3.02. The van der Waals surface area contributed by atoms with Gasteiger partial charge in [0.15, 0.2) is 0 Å². The van der Waals surface area contributed by atoms with E-state index >= 15 is 0 Å². The van der Waals surface area contributed by atoms with E-state index < -0.39 is 0 Å². The number of alkyl halides is 1. The maximum atomic E-state index is 6.23. The van der Waals surface area contributed by atoms with Crippen molar-refractivity contribution in [1.29, 1.82) is 0 Å². The van der Waals surface area contributed by atoms with Crippen LogP contribution in [0.3, 0.4) is 0 Å². The Bertz CT molecular complexity index is 149. The van der Waals surface area contributed by atoms with E-state index in [9.17, 15) is 0 Å². The Balaban J connectivity index is 1.77. The van der Waals surface area contributed by atoms with Gasteiger partial charge in [0.05, 0.1) is 0 Å². The second-order valence-corrected chi connectivity index (χ2v) is 5.05. The standard InChI is InChI=1S/C13H23Cl/c1-2-3-4-5-6-7-8-9-13(14)12-10-11-12/h2,12-13H,1,3-11H2. The lowest BCUT2D eigenvalue weighted by Crippen LogP contribution is -2.00. The summed E-state index contributed by atoms with van der Waals surface area (Å²) in [5.41, 5.74) is 0. The first-order valence-corrected chi connectivity index (χ1v) is 6.53. The van der Waals surface area contributed by atoms with Crippen LogP contribution in [0.5, 0.6) is 0 Å². The molecule has 0 spiro atoms. The summed E-state index contributed by atoms with van der Waals surface area (Å²) in [5.74, 6) is 0.873. The van der Waals surface area contributed by atoms with Crippen molar-refractivity contribution < 1.29 is 0 Å². The van der Waals surface area contributed by atoms with Gasteiger partial charge in [0.25, 0.3) is 0 Å². The number of hydrogen-bond acceptors (Lipinski definition) is 0. The second kappa shape index (κ2) is 7.34. The molecule has 14 heavy (non-hydrogen) atoms. The van der Waals surface area contributed by atoms with Gasteiger partial charge in [-0.1, -0.05) is 31.8 Å². The van der Waals surface area contributed by atoms with Crippen molar-refractivity contribution in [2.24, 2.45) is 5.92 Å². The molecule has 0 aromatic carbocycles.